The molecule has 0 saturated carbocycles. The highest BCUT2D eigenvalue weighted by atomic mass is 32.2. The number of nitrogens with one attached hydrogen (secondary N) is 1. The number of benzene rings is 3. The Balaban J connectivity index is 1.42. The first-order valence-corrected chi connectivity index (χ1v) is 12.9. The molecule has 1 aliphatic heterocycles. The number of thioether (sulfide) groups is 1. The quantitative estimate of drug-likeness (QED) is 0.261. The molecule has 0 atom stereocenters. The summed E-state index contributed by atoms with van der Waals surface area (Å²) in [7, 11) is 3.09. The third-order valence-electron chi connectivity index (χ3n) is 5.42. The number of methoxy groups -OCH3 is 2. The largest absolute Gasteiger partial charge is 0.497 e. The summed E-state index contributed by atoms with van der Waals surface area (Å²) >= 11 is 6.70. The van der Waals surface area contributed by atoms with Crippen LogP contribution in [0.15, 0.2) is 71.6 Å². The van der Waals surface area contributed by atoms with Crippen LogP contribution in [0.25, 0.3) is 6.08 Å². The van der Waals surface area contributed by atoms with Crippen LogP contribution >= 0.6 is 24.0 Å². The number of ether oxygens (including phenoxy) is 4. The van der Waals surface area contributed by atoms with Crippen molar-refractivity contribution in [3.8, 4) is 23.0 Å². The first-order valence-electron chi connectivity index (χ1n) is 11.7. The number of anilines is 2. The van der Waals surface area contributed by atoms with Crippen LogP contribution in [0.1, 0.15) is 12.5 Å². The predicted molar refractivity (Wildman–Crippen MR) is 153 cm³/mol. The number of rotatable bonds is 10. The van der Waals surface area contributed by atoms with Crippen LogP contribution in [-0.4, -0.2) is 43.6 Å². The Hall–Kier alpha value is -4.02. The molecule has 0 unspecified atom stereocenters. The summed E-state index contributed by atoms with van der Waals surface area (Å²) < 4.78 is 22.2. The average Bonchev–Trinajstić information content (AvgIpc) is 3.21. The third-order valence-corrected chi connectivity index (χ3v) is 6.72. The van der Waals surface area contributed by atoms with E-state index in [1.54, 1.807) is 67.8 Å². The molecule has 0 aliphatic carbocycles. The normalized spacial score (nSPS) is 14.0. The van der Waals surface area contributed by atoms with Gasteiger partial charge in [0.05, 0.1) is 31.4 Å². The lowest BCUT2D eigenvalue weighted by molar-refractivity contribution is -0.118. The van der Waals surface area contributed by atoms with Gasteiger partial charge >= 0.3 is 0 Å². The number of hydrogen-bond donors (Lipinski definition) is 1. The molecule has 1 fully saturated rings. The second kappa shape index (κ2) is 12.5. The number of hydrogen-bond acceptors (Lipinski definition) is 8. The maximum absolute atomic E-state index is 13.1. The van der Waals surface area contributed by atoms with Crippen molar-refractivity contribution in [2.45, 2.75) is 6.92 Å². The molecule has 0 bridgehead atoms. The van der Waals surface area contributed by atoms with Crippen molar-refractivity contribution in [2.24, 2.45) is 0 Å². The fourth-order valence-corrected chi connectivity index (χ4v) is 4.91. The highest BCUT2D eigenvalue weighted by molar-refractivity contribution is 8.27. The zero-order valence-electron chi connectivity index (χ0n) is 21.1. The van der Waals surface area contributed by atoms with E-state index in [2.05, 4.69) is 5.32 Å². The molecule has 1 N–H and O–H groups in total. The number of thiocarbonyl (C=S) groups is 1. The number of amides is 2. The Bertz CT molecular complexity index is 1360. The minimum atomic E-state index is -0.320. The first-order chi connectivity index (χ1) is 18.4. The van der Waals surface area contributed by atoms with Gasteiger partial charge in [-0.3, -0.25) is 14.5 Å². The smallest absolute Gasteiger partial charge is 0.270 e. The van der Waals surface area contributed by atoms with Gasteiger partial charge in [0.25, 0.3) is 11.8 Å². The lowest BCUT2D eigenvalue weighted by Crippen LogP contribution is -2.27. The molecule has 3 aromatic carbocycles. The Morgan fingerprint density at radius 2 is 1.66 bits per heavy atom. The zero-order chi connectivity index (χ0) is 27.1. The Morgan fingerprint density at radius 1 is 0.947 bits per heavy atom. The van der Waals surface area contributed by atoms with Crippen LogP contribution in [-0.2, 0) is 9.59 Å². The van der Waals surface area contributed by atoms with Crippen LogP contribution in [0, 0.1) is 0 Å². The summed E-state index contributed by atoms with van der Waals surface area (Å²) in [4.78, 5) is 27.4. The van der Waals surface area contributed by atoms with Gasteiger partial charge < -0.3 is 24.3 Å². The van der Waals surface area contributed by atoms with E-state index < -0.39 is 0 Å². The standard InChI is InChI=1S/C28H26N2O6S2/c1-4-35-22-12-8-20(9-13-22)30-27(32)25(38-28(30)37)16-18-5-14-23(24(15-18)34-3)36-17-26(31)29-19-6-10-21(33-2)11-7-19/h5-16H,4,17H2,1-3H3,(H,29,31)/b25-16-. The molecule has 1 heterocycles. The summed E-state index contributed by atoms with van der Waals surface area (Å²) in [6.45, 7) is 2.27. The monoisotopic (exact) mass is 550 g/mol. The van der Waals surface area contributed by atoms with E-state index in [1.807, 2.05) is 19.1 Å². The molecule has 8 nitrogen and oxygen atoms in total. The molecule has 0 aromatic heterocycles. The second-order valence-corrected chi connectivity index (χ2v) is 9.60. The highest BCUT2D eigenvalue weighted by Gasteiger charge is 2.33. The van der Waals surface area contributed by atoms with Crippen molar-refractivity contribution >= 4 is 57.6 Å². The van der Waals surface area contributed by atoms with Crippen LogP contribution in [0.2, 0.25) is 0 Å². The fraction of sp³-hybridized carbons (Fsp3) is 0.179. The van der Waals surface area contributed by atoms with Crippen molar-refractivity contribution in [3.63, 3.8) is 0 Å². The van der Waals surface area contributed by atoms with Gasteiger partial charge in [-0.25, -0.2) is 0 Å². The van der Waals surface area contributed by atoms with Gasteiger partial charge in [-0.15, -0.1) is 0 Å². The van der Waals surface area contributed by atoms with Crippen LogP contribution in [0.3, 0.4) is 0 Å². The second-order valence-electron chi connectivity index (χ2n) is 7.92. The summed E-state index contributed by atoms with van der Waals surface area (Å²) in [5.74, 6) is 1.72. The lowest BCUT2D eigenvalue weighted by atomic mass is 10.1. The summed E-state index contributed by atoms with van der Waals surface area (Å²) in [5.41, 5.74) is 2.03. The molecule has 1 aliphatic rings. The van der Waals surface area contributed by atoms with Gasteiger partial charge in [0, 0.05) is 5.69 Å². The van der Waals surface area contributed by atoms with Gasteiger partial charge in [0.1, 0.15) is 11.5 Å². The summed E-state index contributed by atoms with van der Waals surface area (Å²) in [6.07, 6.45) is 1.75. The maximum atomic E-state index is 13.1. The van der Waals surface area contributed by atoms with E-state index in [-0.39, 0.29) is 18.4 Å². The zero-order valence-corrected chi connectivity index (χ0v) is 22.7. The highest BCUT2D eigenvalue weighted by Crippen LogP contribution is 2.37. The van der Waals surface area contributed by atoms with E-state index in [0.717, 1.165) is 11.3 Å². The Kier molecular flexibility index (Phi) is 8.88. The van der Waals surface area contributed by atoms with Crippen LogP contribution in [0.4, 0.5) is 11.4 Å². The average molecular weight is 551 g/mol. The maximum Gasteiger partial charge on any atom is 0.270 e. The molecule has 2 amide bonds. The molecule has 0 radical (unpaired) electrons. The number of carbonyl (C=O) groups excluding carboxylic acids is 2. The molecule has 10 heteroatoms. The van der Waals surface area contributed by atoms with Gasteiger partial charge in [0.15, 0.2) is 22.4 Å². The molecule has 4 rings (SSSR count). The minimum Gasteiger partial charge on any atom is -0.497 e. The van der Waals surface area contributed by atoms with Crippen LogP contribution in [0.5, 0.6) is 23.0 Å². The number of nitrogens with zero attached hydrogens (tertiary/aromatic N) is 1. The molecule has 3 aromatic rings. The molecular formula is C28H26N2O6S2. The molecule has 196 valence electrons. The van der Waals surface area contributed by atoms with Crippen molar-refractivity contribution in [1.82, 2.24) is 0 Å². The van der Waals surface area contributed by atoms with Gasteiger partial charge in [0.2, 0.25) is 0 Å². The van der Waals surface area contributed by atoms with E-state index in [1.165, 1.54) is 23.8 Å². The van der Waals surface area contributed by atoms with Gasteiger partial charge in [-0.2, -0.15) is 0 Å². The topological polar surface area (TPSA) is 86.3 Å². The van der Waals surface area contributed by atoms with Crippen molar-refractivity contribution in [3.05, 3.63) is 77.2 Å². The lowest BCUT2D eigenvalue weighted by Gasteiger charge is -2.15. The van der Waals surface area contributed by atoms with Crippen molar-refractivity contribution in [2.75, 3.05) is 37.7 Å². The van der Waals surface area contributed by atoms with Crippen molar-refractivity contribution in [1.29, 1.82) is 0 Å². The predicted octanol–water partition coefficient (Wildman–Crippen LogP) is 5.53. The summed E-state index contributed by atoms with van der Waals surface area (Å²) in [5, 5.41) is 2.76. The van der Waals surface area contributed by atoms with Crippen molar-refractivity contribution < 1.29 is 28.5 Å². The first kappa shape index (κ1) is 27.0. The molecule has 0 spiro atoms. The number of carbonyl (C=O) groups is 2. The third kappa shape index (κ3) is 6.45. The molecular weight excluding hydrogens is 524 g/mol. The van der Waals surface area contributed by atoms with E-state index >= 15 is 0 Å². The SMILES string of the molecule is CCOc1ccc(N2C(=O)/C(=C/c3ccc(OCC(=O)Nc4ccc(OC)cc4)c(OC)c3)SC2=S)cc1. The minimum absolute atomic E-state index is 0.206. The van der Waals surface area contributed by atoms with E-state index in [4.69, 9.17) is 31.2 Å². The fourth-order valence-electron chi connectivity index (χ4n) is 3.61. The van der Waals surface area contributed by atoms with Gasteiger partial charge in [-0.1, -0.05) is 30.0 Å². The Morgan fingerprint density at radius 3 is 2.32 bits per heavy atom. The van der Waals surface area contributed by atoms with Gasteiger partial charge in [-0.05, 0) is 79.2 Å². The van der Waals surface area contributed by atoms with E-state index in [9.17, 15) is 9.59 Å². The van der Waals surface area contributed by atoms with E-state index in [0.29, 0.717) is 44.5 Å². The molecule has 1 saturated heterocycles. The molecule has 38 heavy (non-hydrogen) atoms. The summed E-state index contributed by atoms with van der Waals surface area (Å²) in [6, 6.07) is 19.4. The van der Waals surface area contributed by atoms with Crippen LogP contribution < -0.4 is 29.2 Å². The Labute approximate surface area is 230 Å².